The summed E-state index contributed by atoms with van der Waals surface area (Å²) in [5, 5.41) is 6.01. The molecule has 0 radical (unpaired) electrons. The normalized spacial score (nSPS) is 15.4. The summed E-state index contributed by atoms with van der Waals surface area (Å²) in [6, 6.07) is 46.5. The second-order valence-corrected chi connectivity index (χ2v) is 12.6. The Kier molecular flexibility index (Phi) is 9.26. The monoisotopic (exact) mass is 644 g/mol. The largest absolute Gasteiger partial charge is 0.292 e. The lowest BCUT2D eigenvalue weighted by Crippen LogP contribution is -2.38. The maximum Gasteiger partial charge on any atom is 0.138 e. The zero-order chi connectivity index (χ0) is 32.8. The van der Waals surface area contributed by atoms with Crippen molar-refractivity contribution in [2.75, 3.05) is 0 Å². The first-order chi connectivity index (χ1) is 23.6. The molecule has 4 aromatic carbocycles. The Morgan fingerprint density at radius 2 is 1.40 bits per heavy atom. The number of aromatic nitrogens is 3. The number of aliphatic imine (C=N–C) groups is 1. The summed E-state index contributed by atoms with van der Waals surface area (Å²) < 4.78 is 2.12. The van der Waals surface area contributed by atoms with Crippen LogP contribution >= 0.6 is 11.6 Å². The average molecular weight is 645 g/mol. The first kappa shape index (κ1) is 31.3. The van der Waals surface area contributed by atoms with Crippen molar-refractivity contribution >= 4 is 17.8 Å². The van der Waals surface area contributed by atoms with Crippen molar-refractivity contribution in [1.29, 1.82) is 0 Å². The lowest BCUT2D eigenvalue weighted by atomic mass is 9.77. The van der Waals surface area contributed by atoms with E-state index in [1.165, 1.54) is 5.56 Å². The molecule has 48 heavy (non-hydrogen) atoms. The van der Waals surface area contributed by atoms with Crippen LogP contribution in [0.5, 0.6) is 0 Å². The highest BCUT2D eigenvalue weighted by molar-refractivity contribution is 6.31. The van der Waals surface area contributed by atoms with Crippen LogP contribution in [0.25, 0.3) is 11.3 Å². The van der Waals surface area contributed by atoms with E-state index in [0.29, 0.717) is 6.54 Å². The highest BCUT2D eigenvalue weighted by Crippen LogP contribution is 2.41. The number of pyridine rings is 1. The molecule has 2 aromatic heterocycles. The minimum Gasteiger partial charge on any atom is -0.292 e. The molecule has 5 heteroatoms. The van der Waals surface area contributed by atoms with Gasteiger partial charge in [-0.05, 0) is 59.2 Å². The van der Waals surface area contributed by atoms with Gasteiger partial charge >= 0.3 is 0 Å². The molecule has 2 unspecified atom stereocenters. The van der Waals surface area contributed by atoms with Crippen molar-refractivity contribution in [2.24, 2.45) is 10.9 Å². The number of nitrogens with zero attached hydrogens (tertiary/aromatic N) is 4. The summed E-state index contributed by atoms with van der Waals surface area (Å²) in [6.45, 7) is 2.70. The highest BCUT2D eigenvalue weighted by Gasteiger charge is 2.39. The van der Waals surface area contributed by atoms with Gasteiger partial charge in [-0.2, -0.15) is 5.10 Å². The molecule has 0 bridgehead atoms. The lowest BCUT2D eigenvalue weighted by molar-refractivity contribution is 0.458. The van der Waals surface area contributed by atoms with Crippen LogP contribution in [0.4, 0.5) is 0 Å². The molecule has 0 aliphatic heterocycles. The van der Waals surface area contributed by atoms with Crippen LogP contribution in [0.1, 0.15) is 45.8 Å². The number of hydrogen-bond donors (Lipinski definition) is 0. The molecule has 2 atom stereocenters. The molecular weight excluding hydrogens is 608 g/mol. The Labute approximate surface area is 287 Å². The van der Waals surface area contributed by atoms with Gasteiger partial charge in [0.25, 0.3) is 0 Å². The van der Waals surface area contributed by atoms with Crippen molar-refractivity contribution in [3.05, 3.63) is 203 Å². The Hall–Kier alpha value is -5.32. The zero-order valence-electron chi connectivity index (χ0n) is 26.9. The Bertz CT molecular complexity index is 1930. The van der Waals surface area contributed by atoms with E-state index in [4.69, 9.17) is 26.7 Å². The van der Waals surface area contributed by atoms with Crippen LogP contribution < -0.4 is 0 Å². The molecule has 4 nitrogen and oxygen atoms in total. The third kappa shape index (κ3) is 6.32. The highest BCUT2D eigenvalue weighted by atomic mass is 35.5. The van der Waals surface area contributed by atoms with Crippen LogP contribution in [0.3, 0.4) is 0 Å². The third-order valence-electron chi connectivity index (χ3n) is 9.20. The van der Waals surface area contributed by atoms with Crippen molar-refractivity contribution in [2.45, 2.75) is 31.3 Å². The first-order valence-electron chi connectivity index (χ1n) is 16.4. The van der Waals surface area contributed by atoms with Gasteiger partial charge in [-0.25, -0.2) is 0 Å². The quantitative estimate of drug-likeness (QED) is 0.110. The predicted molar refractivity (Wildman–Crippen MR) is 197 cm³/mol. The second-order valence-electron chi connectivity index (χ2n) is 12.2. The summed E-state index contributed by atoms with van der Waals surface area (Å²) in [5.74, 6) is 0.311. The zero-order valence-corrected chi connectivity index (χ0v) is 27.7. The van der Waals surface area contributed by atoms with Gasteiger partial charge < -0.3 is 0 Å². The van der Waals surface area contributed by atoms with Crippen molar-refractivity contribution in [1.82, 2.24) is 14.8 Å². The topological polar surface area (TPSA) is 43.1 Å². The maximum atomic E-state index is 6.29. The number of rotatable bonds is 10. The van der Waals surface area contributed by atoms with E-state index in [1.807, 2.05) is 18.3 Å². The van der Waals surface area contributed by atoms with E-state index >= 15 is 0 Å². The van der Waals surface area contributed by atoms with E-state index in [0.717, 1.165) is 50.7 Å². The van der Waals surface area contributed by atoms with Gasteiger partial charge in [0, 0.05) is 35.1 Å². The fraction of sp³-hybridized carbons (Fsp3) is 0.140. The van der Waals surface area contributed by atoms with Crippen molar-refractivity contribution in [3.8, 4) is 11.3 Å². The van der Waals surface area contributed by atoms with Gasteiger partial charge in [0.2, 0.25) is 0 Å². The van der Waals surface area contributed by atoms with Gasteiger partial charge in [0.1, 0.15) is 5.54 Å². The van der Waals surface area contributed by atoms with Crippen molar-refractivity contribution < 1.29 is 0 Å². The summed E-state index contributed by atoms with van der Waals surface area (Å²) >= 11 is 6.29. The Balaban J connectivity index is 1.27. The van der Waals surface area contributed by atoms with Gasteiger partial charge in [0.05, 0.1) is 17.9 Å². The van der Waals surface area contributed by atoms with Crippen LogP contribution in [-0.4, -0.2) is 21.0 Å². The second kappa shape index (κ2) is 14.2. The average Bonchev–Trinajstić information content (AvgIpc) is 3.54. The first-order valence-corrected chi connectivity index (χ1v) is 16.8. The fourth-order valence-corrected chi connectivity index (χ4v) is 6.92. The number of benzene rings is 4. The minimum absolute atomic E-state index is 0.0678. The van der Waals surface area contributed by atoms with E-state index in [1.54, 1.807) is 0 Å². The molecule has 6 aromatic rings. The maximum absolute atomic E-state index is 6.29. The molecule has 1 aliphatic rings. The number of aryl methyl sites for hydroxylation is 1. The predicted octanol–water partition coefficient (Wildman–Crippen LogP) is 10.1. The van der Waals surface area contributed by atoms with E-state index < -0.39 is 5.54 Å². The van der Waals surface area contributed by atoms with E-state index in [-0.39, 0.29) is 11.8 Å². The Morgan fingerprint density at radius 3 is 1.92 bits per heavy atom. The molecular formula is C43H37ClN4. The molecule has 7 rings (SSSR count). The molecule has 236 valence electrons. The van der Waals surface area contributed by atoms with Crippen LogP contribution in [0.2, 0.25) is 0 Å². The number of halogens is 1. The molecule has 2 heterocycles. The van der Waals surface area contributed by atoms with Crippen LogP contribution in [0, 0.1) is 12.8 Å². The lowest BCUT2D eigenvalue weighted by Gasteiger charge is -2.36. The van der Waals surface area contributed by atoms with Gasteiger partial charge in [-0.15, -0.1) is 0 Å². The van der Waals surface area contributed by atoms with Gasteiger partial charge in [0.15, 0.2) is 0 Å². The SMILES string of the molecule is Cc1nn(C(c2ccccc2)(c2ccccc2)c2ccccc2)cc1-c1ccc(C(C=NCc2ccccc2)C2C=CC(Cl)=CC2)cn1. The smallest absolute Gasteiger partial charge is 0.138 e. The number of hydrogen-bond acceptors (Lipinski definition) is 3. The Morgan fingerprint density at radius 1 is 0.812 bits per heavy atom. The molecule has 0 saturated carbocycles. The standard InChI is InChI=1S/C43H37ClN4/c1-32-41(31-48(47-32)43(36-16-8-3-9-17-36,37-18-10-4-11-19-37)38-20-12-5-13-21-38)42-27-24-35(29-46-42)40(34-22-25-39(44)26-23-34)30-45-28-33-14-6-2-7-15-33/h2-22,24-27,29-31,34,40H,23,28H2,1H3. The van der Waals surface area contributed by atoms with Crippen LogP contribution in [-0.2, 0) is 12.1 Å². The van der Waals surface area contributed by atoms with E-state index in [9.17, 15) is 0 Å². The molecule has 0 fully saturated rings. The molecule has 1 aliphatic carbocycles. The minimum atomic E-state index is -0.685. The number of allylic oxidation sites excluding steroid dienone is 4. The molecule has 0 saturated heterocycles. The van der Waals surface area contributed by atoms with Gasteiger partial charge in [-0.3, -0.25) is 14.7 Å². The molecule has 0 amide bonds. The molecule has 0 spiro atoms. The summed E-state index contributed by atoms with van der Waals surface area (Å²) in [7, 11) is 0. The van der Waals surface area contributed by atoms with Gasteiger partial charge in [-0.1, -0.05) is 151 Å². The summed E-state index contributed by atoms with van der Waals surface area (Å²) in [5.41, 5.74) is 7.81. The third-order valence-corrected chi connectivity index (χ3v) is 9.48. The van der Waals surface area contributed by atoms with E-state index in [2.05, 4.69) is 164 Å². The van der Waals surface area contributed by atoms with Crippen molar-refractivity contribution in [3.63, 3.8) is 0 Å². The summed E-state index contributed by atoms with van der Waals surface area (Å²) in [6.07, 6.45) is 13.4. The fourth-order valence-electron chi connectivity index (χ4n) is 6.76. The van der Waals surface area contributed by atoms with Crippen LogP contribution in [0.15, 0.2) is 174 Å². The summed E-state index contributed by atoms with van der Waals surface area (Å²) in [4.78, 5) is 9.91. The molecule has 0 N–H and O–H groups in total.